The number of nitrogens with zero attached hydrogens (tertiary/aromatic N) is 1. The average Bonchev–Trinajstić information content (AvgIpc) is 2.05. The standard InChI is InChI=1S/C12H19N/c1-10(2)12(3,4)8-11-6-5-7-13-9-11/h5-7,9-10H,8H2,1-4H3. The molecule has 0 fully saturated rings. The lowest BCUT2D eigenvalue weighted by atomic mass is 9.76. The zero-order valence-electron chi connectivity index (χ0n) is 9.04. The van der Waals surface area contributed by atoms with Crippen molar-refractivity contribution in [3.05, 3.63) is 30.1 Å². The summed E-state index contributed by atoms with van der Waals surface area (Å²) in [6.45, 7) is 9.17. The van der Waals surface area contributed by atoms with Crippen LogP contribution in [0.5, 0.6) is 0 Å². The molecule has 0 aliphatic heterocycles. The molecule has 1 nitrogen and oxygen atoms in total. The van der Waals surface area contributed by atoms with Gasteiger partial charge in [-0.1, -0.05) is 33.8 Å². The van der Waals surface area contributed by atoms with Crippen LogP contribution in [0.3, 0.4) is 0 Å². The molecule has 0 spiro atoms. The molecule has 0 radical (unpaired) electrons. The molecule has 0 unspecified atom stereocenters. The van der Waals surface area contributed by atoms with Gasteiger partial charge in [-0.2, -0.15) is 0 Å². The zero-order valence-corrected chi connectivity index (χ0v) is 9.04. The van der Waals surface area contributed by atoms with Gasteiger partial charge in [0.05, 0.1) is 0 Å². The van der Waals surface area contributed by atoms with E-state index >= 15 is 0 Å². The summed E-state index contributed by atoms with van der Waals surface area (Å²) in [4.78, 5) is 4.13. The van der Waals surface area contributed by atoms with Crippen molar-refractivity contribution in [2.45, 2.75) is 34.1 Å². The fourth-order valence-corrected chi connectivity index (χ4v) is 1.23. The Kier molecular flexibility index (Phi) is 3.07. The Labute approximate surface area is 81.2 Å². The summed E-state index contributed by atoms with van der Waals surface area (Å²) >= 11 is 0. The smallest absolute Gasteiger partial charge is 0.0300 e. The number of pyridine rings is 1. The molecule has 1 heterocycles. The number of hydrogen-bond donors (Lipinski definition) is 0. The number of rotatable bonds is 3. The zero-order chi connectivity index (χ0) is 9.90. The molecule has 0 N–H and O–H groups in total. The SMILES string of the molecule is CC(C)C(C)(C)Cc1cccnc1. The maximum absolute atomic E-state index is 4.13. The van der Waals surface area contributed by atoms with Gasteiger partial charge in [-0.15, -0.1) is 0 Å². The van der Waals surface area contributed by atoms with Gasteiger partial charge in [0.2, 0.25) is 0 Å². The molecule has 0 bridgehead atoms. The van der Waals surface area contributed by atoms with Crippen LogP contribution in [0.25, 0.3) is 0 Å². The molecule has 1 heteroatoms. The van der Waals surface area contributed by atoms with Gasteiger partial charge < -0.3 is 0 Å². The van der Waals surface area contributed by atoms with Crippen LogP contribution in [0.2, 0.25) is 0 Å². The number of aromatic nitrogens is 1. The van der Waals surface area contributed by atoms with E-state index in [1.165, 1.54) is 5.56 Å². The Balaban J connectivity index is 2.69. The van der Waals surface area contributed by atoms with Gasteiger partial charge >= 0.3 is 0 Å². The molecule has 0 saturated heterocycles. The van der Waals surface area contributed by atoms with Gasteiger partial charge in [-0.3, -0.25) is 4.98 Å². The van der Waals surface area contributed by atoms with Crippen LogP contribution in [0.1, 0.15) is 33.3 Å². The van der Waals surface area contributed by atoms with Crippen molar-refractivity contribution in [1.29, 1.82) is 0 Å². The maximum Gasteiger partial charge on any atom is 0.0300 e. The van der Waals surface area contributed by atoms with Crippen LogP contribution < -0.4 is 0 Å². The predicted molar refractivity (Wildman–Crippen MR) is 56.6 cm³/mol. The maximum atomic E-state index is 4.13. The molecule has 0 atom stereocenters. The molecule has 0 amide bonds. The average molecular weight is 177 g/mol. The fourth-order valence-electron chi connectivity index (χ4n) is 1.23. The molecule has 72 valence electrons. The van der Waals surface area contributed by atoms with E-state index in [1.54, 1.807) is 0 Å². The predicted octanol–water partition coefficient (Wildman–Crippen LogP) is 3.31. The van der Waals surface area contributed by atoms with Crippen LogP contribution in [-0.2, 0) is 6.42 Å². The molecular formula is C12H19N. The second kappa shape index (κ2) is 3.91. The molecule has 1 rings (SSSR count). The fraction of sp³-hybridized carbons (Fsp3) is 0.583. The third-order valence-corrected chi connectivity index (χ3v) is 2.95. The lowest BCUT2D eigenvalue weighted by Crippen LogP contribution is -2.22. The summed E-state index contributed by atoms with van der Waals surface area (Å²) < 4.78 is 0. The highest BCUT2D eigenvalue weighted by molar-refractivity contribution is 5.10. The first-order valence-electron chi connectivity index (χ1n) is 4.91. The van der Waals surface area contributed by atoms with E-state index in [0.29, 0.717) is 11.3 Å². The summed E-state index contributed by atoms with van der Waals surface area (Å²) in [5.74, 6) is 0.702. The van der Waals surface area contributed by atoms with E-state index in [9.17, 15) is 0 Å². The lowest BCUT2D eigenvalue weighted by molar-refractivity contribution is 0.248. The van der Waals surface area contributed by atoms with Crippen LogP contribution in [0, 0.1) is 11.3 Å². The van der Waals surface area contributed by atoms with Gasteiger partial charge in [-0.05, 0) is 29.4 Å². The topological polar surface area (TPSA) is 12.9 Å². The van der Waals surface area contributed by atoms with E-state index in [1.807, 2.05) is 18.5 Å². The van der Waals surface area contributed by atoms with Gasteiger partial charge in [-0.25, -0.2) is 0 Å². The molecule has 1 aromatic rings. The lowest BCUT2D eigenvalue weighted by Gasteiger charge is -2.29. The van der Waals surface area contributed by atoms with E-state index in [2.05, 4.69) is 38.7 Å². The minimum Gasteiger partial charge on any atom is -0.264 e. The second-order valence-corrected chi connectivity index (χ2v) is 4.68. The third kappa shape index (κ3) is 2.83. The monoisotopic (exact) mass is 177 g/mol. The molecule has 0 saturated carbocycles. The highest BCUT2D eigenvalue weighted by atomic mass is 14.6. The summed E-state index contributed by atoms with van der Waals surface area (Å²) in [6.07, 6.45) is 4.90. The Bertz CT molecular complexity index is 249. The van der Waals surface area contributed by atoms with Crippen LogP contribution in [0.15, 0.2) is 24.5 Å². The summed E-state index contributed by atoms with van der Waals surface area (Å²) in [5.41, 5.74) is 1.70. The summed E-state index contributed by atoms with van der Waals surface area (Å²) in [5, 5.41) is 0. The van der Waals surface area contributed by atoms with Crippen molar-refractivity contribution in [3.63, 3.8) is 0 Å². The minimum absolute atomic E-state index is 0.364. The van der Waals surface area contributed by atoms with E-state index in [-0.39, 0.29) is 0 Å². The Morgan fingerprint density at radius 1 is 1.38 bits per heavy atom. The highest BCUT2D eigenvalue weighted by Gasteiger charge is 2.22. The minimum atomic E-state index is 0.364. The molecule has 0 aromatic carbocycles. The molecule has 0 aliphatic carbocycles. The molecule has 1 aromatic heterocycles. The highest BCUT2D eigenvalue weighted by Crippen LogP contribution is 2.29. The quantitative estimate of drug-likeness (QED) is 0.690. The molecule has 0 aliphatic rings. The Morgan fingerprint density at radius 2 is 2.08 bits per heavy atom. The van der Waals surface area contributed by atoms with Crippen molar-refractivity contribution in [2.75, 3.05) is 0 Å². The van der Waals surface area contributed by atoms with Gasteiger partial charge in [0.25, 0.3) is 0 Å². The van der Waals surface area contributed by atoms with Crippen LogP contribution >= 0.6 is 0 Å². The van der Waals surface area contributed by atoms with Crippen LogP contribution in [-0.4, -0.2) is 4.98 Å². The van der Waals surface area contributed by atoms with Crippen molar-refractivity contribution in [1.82, 2.24) is 4.98 Å². The second-order valence-electron chi connectivity index (χ2n) is 4.68. The Morgan fingerprint density at radius 3 is 2.54 bits per heavy atom. The van der Waals surface area contributed by atoms with E-state index in [4.69, 9.17) is 0 Å². The van der Waals surface area contributed by atoms with Gasteiger partial charge in [0, 0.05) is 12.4 Å². The first kappa shape index (κ1) is 10.2. The normalized spacial score (nSPS) is 12.1. The molecular weight excluding hydrogens is 158 g/mol. The first-order chi connectivity index (χ1) is 6.02. The van der Waals surface area contributed by atoms with Crippen molar-refractivity contribution in [3.8, 4) is 0 Å². The largest absolute Gasteiger partial charge is 0.264 e. The van der Waals surface area contributed by atoms with Gasteiger partial charge in [0.15, 0.2) is 0 Å². The first-order valence-corrected chi connectivity index (χ1v) is 4.91. The van der Waals surface area contributed by atoms with Crippen molar-refractivity contribution in [2.24, 2.45) is 11.3 Å². The Hall–Kier alpha value is -0.850. The van der Waals surface area contributed by atoms with Crippen LogP contribution in [0.4, 0.5) is 0 Å². The van der Waals surface area contributed by atoms with Gasteiger partial charge in [0.1, 0.15) is 0 Å². The molecule has 13 heavy (non-hydrogen) atoms. The van der Waals surface area contributed by atoms with Crippen molar-refractivity contribution < 1.29 is 0 Å². The summed E-state index contributed by atoms with van der Waals surface area (Å²) in [7, 11) is 0. The third-order valence-electron chi connectivity index (χ3n) is 2.95. The van der Waals surface area contributed by atoms with E-state index < -0.39 is 0 Å². The number of hydrogen-bond acceptors (Lipinski definition) is 1. The van der Waals surface area contributed by atoms with E-state index in [0.717, 1.165) is 6.42 Å². The summed E-state index contributed by atoms with van der Waals surface area (Å²) in [6, 6.07) is 4.16. The van der Waals surface area contributed by atoms with Crippen molar-refractivity contribution >= 4 is 0 Å².